The van der Waals surface area contributed by atoms with Gasteiger partial charge in [0.1, 0.15) is 0 Å². The number of rotatable bonds is 5. The number of nitrogens with zero attached hydrogens (tertiary/aromatic N) is 1. The Morgan fingerprint density at radius 1 is 1.29 bits per heavy atom. The molecule has 1 amide bonds. The summed E-state index contributed by atoms with van der Waals surface area (Å²) in [6, 6.07) is 0. The number of hydrogen-bond donors (Lipinski definition) is 3. The fourth-order valence-corrected chi connectivity index (χ4v) is 3.02. The van der Waals surface area contributed by atoms with Crippen LogP contribution >= 0.6 is 0 Å². The Morgan fingerprint density at radius 2 is 1.95 bits per heavy atom. The number of nitrogens with one attached hydrogen (secondary N) is 2. The third kappa shape index (κ3) is 3.43. The second-order valence-corrected chi connectivity index (χ2v) is 6.01. The van der Waals surface area contributed by atoms with Gasteiger partial charge in [-0.15, -0.1) is 0 Å². The number of aromatic amines is 1. The van der Waals surface area contributed by atoms with Crippen molar-refractivity contribution >= 4 is 11.9 Å². The quantitative estimate of drug-likeness (QED) is 0.770. The lowest BCUT2D eigenvalue weighted by molar-refractivity contribution is -0.151. The summed E-state index contributed by atoms with van der Waals surface area (Å²) in [6.07, 6.45) is 4.45. The van der Waals surface area contributed by atoms with Crippen LogP contribution in [0.3, 0.4) is 0 Å². The summed E-state index contributed by atoms with van der Waals surface area (Å²) >= 11 is 0. The molecular weight excluding hydrogens is 270 g/mol. The molecule has 3 N–H and O–H groups in total. The maximum Gasteiger partial charge on any atom is 0.311 e. The van der Waals surface area contributed by atoms with Crippen LogP contribution in [0, 0.1) is 19.3 Å². The van der Waals surface area contributed by atoms with Gasteiger partial charge in [-0.1, -0.05) is 19.3 Å². The van der Waals surface area contributed by atoms with Gasteiger partial charge in [-0.2, -0.15) is 5.10 Å². The highest BCUT2D eigenvalue weighted by Crippen LogP contribution is 2.36. The van der Waals surface area contributed by atoms with Crippen molar-refractivity contribution in [2.45, 2.75) is 52.4 Å². The lowest BCUT2D eigenvalue weighted by atomic mass is 9.74. The molecule has 1 heterocycles. The van der Waals surface area contributed by atoms with E-state index in [4.69, 9.17) is 0 Å². The van der Waals surface area contributed by atoms with Crippen LogP contribution in [0.2, 0.25) is 0 Å². The molecule has 0 spiro atoms. The Balaban J connectivity index is 1.95. The van der Waals surface area contributed by atoms with Crippen molar-refractivity contribution in [1.29, 1.82) is 0 Å². The molecule has 1 aliphatic rings. The highest BCUT2D eigenvalue weighted by atomic mass is 16.4. The van der Waals surface area contributed by atoms with Crippen molar-refractivity contribution < 1.29 is 14.7 Å². The highest BCUT2D eigenvalue weighted by molar-refractivity contribution is 5.81. The molecule has 0 bridgehead atoms. The van der Waals surface area contributed by atoms with Crippen molar-refractivity contribution in [1.82, 2.24) is 15.5 Å². The SMILES string of the molecule is Cc1n[nH]c(C)c1CC(=O)NCC1(C(=O)O)CCCCC1. The van der Waals surface area contributed by atoms with Gasteiger partial charge >= 0.3 is 5.97 Å². The number of aromatic nitrogens is 2. The number of carbonyl (C=O) groups excluding carboxylic acids is 1. The largest absolute Gasteiger partial charge is 0.481 e. The Kier molecular flexibility index (Phi) is 4.65. The van der Waals surface area contributed by atoms with E-state index in [1.54, 1.807) is 0 Å². The first-order valence-electron chi connectivity index (χ1n) is 7.45. The van der Waals surface area contributed by atoms with E-state index in [2.05, 4.69) is 15.5 Å². The Bertz CT molecular complexity index is 511. The normalized spacial score (nSPS) is 17.4. The van der Waals surface area contributed by atoms with Gasteiger partial charge in [-0.05, 0) is 26.7 Å². The number of carboxylic acids is 1. The van der Waals surface area contributed by atoms with E-state index >= 15 is 0 Å². The lowest BCUT2D eigenvalue weighted by Gasteiger charge is -2.33. The summed E-state index contributed by atoms with van der Waals surface area (Å²) < 4.78 is 0. The fraction of sp³-hybridized carbons (Fsp3) is 0.667. The molecule has 0 atom stereocenters. The zero-order valence-electron chi connectivity index (χ0n) is 12.7. The van der Waals surface area contributed by atoms with Crippen LogP contribution < -0.4 is 5.32 Å². The molecule has 1 fully saturated rings. The molecule has 21 heavy (non-hydrogen) atoms. The standard InChI is InChI=1S/C15H23N3O3/c1-10-12(11(2)18-17-10)8-13(19)16-9-15(14(20)21)6-4-3-5-7-15/h3-9H2,1-2H3,(H,16,19)(H,17,18)(H,20,21). The zero-order chi connectivity index (χ0) is 15.5. The first kappa shape index (κ1) is 15.5. The molecule has 6 heteroatoms. The Morgan fingerprint density at radius 3 is 2.48 bits per heavy atom. The number of hydrogen-bond acceptors (Lipinski definition) is 3. The van der Waals surface area contributed by atoms with Crippen LogP contribution in [0.25, 0.3) is 0 Å². The van der Waals surface area contributed by atoms with Crippen molar-refractivity contribution in [2.75, 3.05) is 6.54 Å². The van der Waals surface area contributed by atoms with Gasteiger partial charge in [0.2, 0.25) is 5.91 Å². The predicted molar refractivity (Wildman–Crippen MR) is 77.9 cm³/mol. The second kappa shape index (κ2) is 6.28. The topological polar surface area (TPSA) is 95.1 Å². The number of H-pyrrole nitrogens is 1. The van der Waals surface area contributed by atoms with Crippen molar-refractivity contribution in [3.8, 4) is 0 Å². The summed E-state index contributed by atoms with van der Waals surface area (Å²) in [5.74, 6) is -0.938. The maximum absolute atomic E-state index is 12.1. The first-order chi connectivity index (χ1) is 9.94. The summed E-state index contributed by atoms with van der Waals surface area (Å²) in [5.41, 5.74) is 1.80. The van der Waals surface area contributed by atoms with Gasteiger partial charge in [-0.25, -0.2) is 0 Å². The van der Waals surface area contributed by atoms with Crippen LogP contribution in [0.15, 0.2) is 0 Å². The van der Waals surface area contributed by atoms with Crippen LogP contribution in [-0.4, -0.2) is 33.7 Å². The molecule has 1 aliphatic carbocycles. The minimum Gasteiger partial charge on any atom is -0.481 e. The van der Waals surface area contributed by atoms with E-state index in [1.165, 1.54) is 0 Å². The maximum atomic E-state index is 12.1. The zero-order valence-corrected chi connectivity index (χ0v) is 12.7. The Labute approximate surface area is 124 Å². The second-order valence-electron chi connectivity index (χ2n) is 6.01. The predicted octanol–water partition coefficient (Wildman–Crippen LogP) is 1.72. The van der Waals surface area contributed by atoms with E-state index in [0.29, 0.717) is 12.8 Å². The molecule has 0 aliphatic heterocycles. The summed E-state index contributed by atoms with van der Waals surface area (Å²) in [7, 11) is 0. The molecule has 1 saturated carbocycles. The van der Waals surface area contributed by atoms with E-state index < -0.39 is 11.4 Å². The van der Waals surface area contributed by atoms with Gasteiger partial charge < -0.3 is 10.4 Å². The molecule has 1 aromatic heterocycles. The van der Waals surface area contributed by atoms with Crippen LogP contribution in [0.5, 0.6) is 0 Å². The number of carbonyl (C=O) groups is 2. The number of aliphatic carboxylic acids is 1. The summed E-state index contributed by atoms with van der Waals surface area (Å²) in [5, 5.41) is 19.2. The number of aryl methyl sites for hydroxylation is 2. The molecule has 0 unspecified atom stereocenters. The van der Waals surface area contributed by atoms with Gasteiger partial charge in [0, 0.05) is 17.8 Å². The van der Waals surface area contributed by atoms with Crippen molar-refractivity contribution in [3.05, 3.63) is 17.0 Å². The van der Waals surface area contributed by atoms with E-state index in [9.17, 15) is 14.7 Å². The molecule has 116 valence electrons. The minimum atomic E-state index is -0.793. The first-order valence-corrected chi connectivity index (χ1v) is 7.45. The van der Waals surface area contributed by atoms with Crippen LogP contribution in [0.1, 0.15) is 49.1 Å². The minimum absolute atomic E-state index is 0.145. The van der Waals surface area contributed by atoms with E-state index in [-0.39, 0.29) is 18.9 Å². The number of carboxylic acid groups (broad SMARTS) is 1. The molecule has 6 nitrogen and oxygen atoms in total. The van der Waals surface area contributed by atoms with Gasteiger partial charge in [0.05, 0.1) is 17.5 Å². The average molecular weight is 293 g/mol. The van der Waals surface area contributed by atoms with Gasteiger partial charge in [-0.3, -0.25) is 14.7 Å². The van der Waals surface area contributed by atoms with Crippen molar-refractivity contribution in [2.24, 2.45) is 5.41 Å². The molecule has 0 radical (unpaired) electrons. The fourth-order valence-electron chi connectivity index (χ4n) is 3.02. The average Bonchev–Trinajstić information content (AvgIpc) is 2.78. The molecular formula is C15H23N3O3. The molecule has 1 aromatic rings. The summed E-state index contributed by atoms with van der Waals surface area (Å²) in [6.45, 7) is 3.95. The van der Waals surface area contributed by atoms with E-state index in [0.717, 1.165) is 36.2 Å². The monoisotopic (exact) mass is 293 g/mol. The van der Waals surface area contributed by atoms with Gasteiger partial charge in [0.25, 0.3) is 0 Å². The lowest BCUT2D eigenvalue weighted by Crippen LogP contribution is -2.44. The molecule has 0 aromatic carbocycles. The smallest absolute Gasteiger partial charge is 0.311 e. The highest BCUT2D eigenvalue weighted by Gasteiger charge is 2.39. The van der Waals surface area contributed by atoms with Gasteiger partial charge in [0.15, 0.2) is 0 Å². The van der Waals surface area contributed by atoms with Crippen LogP contribution in [-0.2, 0) is 16.0 Å². The molecule has 0 saturated heterocycles. The van der Waals surface area contributed by atoms with Crippen LogP contribution in [0.4, 0.5) is 0 Å². The third-order valence-corrected chi connectivity index (χ3v) is 4.51. The summed E-state index contributed by atoms with van der Waals surface area (Å²) in [4.78, 5) is 23.6. The third-order valence-electron chi connectivity index (χ3n) is 4.51. The number of amides is 1. The Hall–Kier alpha value is -1.85. The van der Waals surface area contributed by atoms with E-state index in [1.807, 2.05) is 13.8 Å². The molecule has 2 rings (SSSR count). The van der Waals surface area contributed by atoms with Crippen molar-refractivity contribution in [3.63, 3.8) is 0 Å².